The highest BCUT2D eigenvalue weighted by Crippen LogP contribution is 2.22. The van der Waals surface area contributed by atoms with Crippen LogP contribution >= 0.6 is 11.6 Å². The van der Waals surface area contributed by atoms with E-state index in [-0.39, 0.29) is 0 Å². The lowest BCUT2D eigenvalue weighted by atomic mass is 9.92. The Balaban J connectivity index is 1.62. The Bertz CT molecular complexity index is 439. The highest BCUT2D eigenvalue weighted by Gasteiger charge is 2.20. The molecular formula is C18H28ClNO. The van der Waals surface area contributed by atoms with Crippen LogP contribution in [0.3, 0.4) is 0 Å². The minimum atomic E-state index is 0.792. The third-order valence-corrected chi connectivity index (χ3v) is 4.64. The summed E-state index contributed by atoms with van der Waals surface area (Å²) in [6, 6.07) is 5.86. The van der Waals surface area contributed by atoms with E-state index in [1.54, 1.807) is 0 Å². The molecule has 3 heteroatoms. The first kappa shape index (κ1) is 16.6. The van der Waals surface area contributed by atoms with E-state index < -0.39 is 0 Å². The summed E-state index contributed by atoms with van der Waals surface area (Å²) in [4.78, 5) is 2.62. The first-order chi connectivity index (χ1) is 10.0. The van der Waals surface area contributed by atoms with Gasteiger partial charge in [0.25, 0.3) is 0 Å². The molecule has 0 N–H and O–H groups in total. The van der Waals surface area contributed by atoms with Gasteiger partial charge in [0.15, 0.2) is 0 Å². The van der Waals surface area contributed by atoms with E-state index in [1.165, 1.54) is 32.5 Å². The molecule has 118 valence electrons. The van der Waals surface area contributed by atoms with Crippen molar-refractivity contribution < 1.29 is 4.74 Å². The molecule has 2 rings (SSSR count). The third-order valence-electron chi connectivity index (χ3n) is 4.21. The van der Waals surface area contributed by atoms with Gasteiger partial charge in [-0.25, -0.2) is 0 Å². The molecule has 0 spiro atoms. The Morgan fingerprint density at radius 2 is 1.90 bits per heavy atom. The SMILES string of the molecule is Cc1cc(OCCCCN2C[C@@H](C)C[C@H](C)C2)ccc1Cl. The van der Waals surface area contributed by atoms with Gasteiger partial charge in [-0.1, -0.05) is 25.4 Å². The van der Waals surface area contributed by atoms with E-state index in [4.69, 9.17) is 16.3 Å². The van der Waals surface area contributed by atoms with Crippen LogP contribution in [0.15, 0.2) is 18.2 Å². The van der Waals surface area contributed by atoms with Crippen molar-refractivity contribution >= 4 is 11.6 Å². The molecule has 1 aliphatic rings. The van der Waals surface area contributed by atoms with E-state index in [2.05, 4.69) is 18.7 Å². The summed E-state index contributed by atoms with van der Waals surface area (Å²) in [5.74, 6) is 2.63. The van der Waals surface area contributed by atoms with Crippen LogP contribution in [0.5, 0.6) is 5.75 Å². The molecule has 0 bridgehead atoms. The minimum Gasteiger partial charge on any atom is -0.494 e. The van der Waals surface area contributed by atoms with Crippen molar-refractivity contribution in [3.05, 3.63) is 28.8 Å². The van der Waals surface area contributed by atoms with Gasteiger partial charge in [0.05, 0.1) is 6.61 Å². The molecule has 1 heterocycles. The van der Waals surface area contributed by atoms with Crippen LogP contribution < -0.4 is 4.74 Å². The number of hydrogen-bond donors (Lipinski definition) is 0. The zero-order valence-electron chi connectivity index (χ0n) is 13.6. The summed E-state index contributed by atoms with van der Waals surface area (Å²) in [5, 5.41) is 0.802. The molecule has 0 aromatic heterocycles. The zero-order valence-corrected chi connectivity index (χ0v) is 14.3. The van der Waals surface area contributed by atoms with Gasteiger partial charge in [0.2, 0.25) is 0 Å². The summed E-state index contributed by atoms with van der Waals surface area (Å²) in [6.45, 7) is 11.3. The molecule has 1 aromatic carbocycles. The predicted molar refractivity (Wildman–Crippen MR) is 90.3 cm³/mol. The molecule has 0 radical (unpaired) electrons. The number of piperidine rings is 1. The first-order valence-corrected chi connectivity index (χ1v) is 8.53. The van der Waals surface area contributed by atoms with E-state index in [0.29, 0.717) is 0 Å². The number of hydrogen-bond acceptors (Lipinski definition) is 2. The van der Waals surface area contributed by atoms with Gasteiger partial charge in [-0.2, -0.15) is 0 Å². The quantitative estimate of drug-likeness (QED) is 0.701. The van der Waals surface area contributed by atoms with Gasteiger partial charge in [0.1, 0.15) is 5.75 Å². The fourth-order valence-electron chi connectivity index (χ4n) is 3.31. The van der Waals surface area contributed by atoms with Gasteiger partial charge in [-0.05, 0) is 68.3 Å². The van der Waals surface area contributed by atoms with Gasteiger partial charge < -0.3 is 9.64 Å². The van der Waals surface area contributed by atoms with Crippen LogP contribution in [-0.2, 0) is 0 Å². The lowest BCUT2D eigenvalue weighted by Gasteiger charge is -2.34. The number of halogens is 1. The fourth-order valence-corrected chi connectivity index (χ4v) is 3.43. The van der Waals surface area contributed by atoms with Crippen LogP contribution in [0.1, 0.15) is 38.7 Å². The predicted octanol–water partition coefficient (Wildman–Crippen LogP) is 4.79. The highest BCUT2D eigenvalue weighted by atomic mass is 35.5. The maximum Gasteiger partial charge on any atom is 0.119 e. The van der Waals surface area contributed by atoms with E-state index in [9.17, 15) is 0 Å². The first-order valence-electron chi connectivity index (χ1n) is 8.16. The Kier molecular flexibility index (Phi) is 6.38. The fraction of sp³-hybridized carbons (Fsp3) is 0.667. The number of likely N-dealkylation sites (tertiary alicyclic amines) is 1. The standard InChI is InChI=1S/C18H28ClNO/c1-14-10-15(2)13-20(12-14)8-4-5-9-21-17-6-7-18(19)16(3)11-17/h6-7,11,14-15H,4-5,8-10,12-13H2,1-3H3/t14-,15-/m0/s1. The van der Waals surface area contributed by atoms with Crippen LogP contribution in [-0.4, -0.2) is 31.1 Å². The average Bonchev–Trinajstić information content (AvgIpc) is 2.41. The van der Waals surface area contributed by atoms with Crippen molar-refractivity contribution in [2.75, 3.05) is 26.2 Å². The molecule has 2 nitrogen and oxygen atoms in total. The second-order valence-corrected chi connectivity index (χ2v) is 7.08. The molecule has 0 saturated carbocycles. The van der Waals surface area contributed by atoms with Gasteiger partial charge in [-0.3, -0.25) is 0 Å². The number of ether oxygens (including phenoxy) is 1. The Labute approximate surface area is 134 Å². The molecule has 1 aliphatic heterocycles. The van der Waals surface area contributed by atoms with Crippen molar-refractivity contribution in [2.45, 2.75) is 40.0 Å². The molecule has 0 amide bonds. The number of nitrogens with zero attached hydrogens (tertiary/aromatic N) is 1. The lowest BCUT2D eigenvalue weighted by molar-refractivity contribution is 0.136. The van der Waals surface area contributed by atoms with Gasteiger partial charge >= 0.3 is 0 Å². The molecule has 1 saturated heterocycles. The summed E-state index contributed by atoms with van der Waals surface area (Å²) < 4.78 is 5.80. The Hall–Kier alpha value is -0.730. The van der Waals surface area contributed by atoms with Gasteiger partial charge in [0, 0.05) is 18.1 Å². The number of unbranched alkanes of at least 4 members (excludes halogenated alkanes) is 1. The summed E-state index contributed by atoms with van der Waals surface area (Å²) in [5.41, 5.74) is 1.07. The van der Waals surface area contributed by atoms with Crippen molar-refractivity contribution in [1.29, 1.82) is 0 Å². The van der Waals surface area contributed by atoms with Crippen LogP contribution in [0.4, 0.5) is 0 Å². The topological polar surface area (TPSA) is 12.5 Å². The normalized spacial score (nSPS) is 23.2. The Morgan fingerprint density at radius 3 is 2.57 bits per heavy atom. The molecule has 1 aromatic rings. The van der Waals surface area contributed by atoms with Crippen molar-refractivity contribution in [3.8, 4) is 5.75 Å². The maximum atomic E-state index is 6.01. The zero-order chi connectivity index (χ0) is 15.2. The number of aryl methyl sites for hydroxylation is 1. The highest BCUT2D eigenvalue weighted by molar-refractivity contribution is 6.31. The number of benzene rings is 1. The van der Waals surface area contributed by atoms with Crippen LogP contribution in [0.25, 0.3) is 0 Å². The van der Waals surface area contributed by atoms with Crippen molar-refractivity contribution in [2.24, 2.45) is 11.8 Å². The summed E-state index contributed by atoms with van der Waals surface area (Å²) >= 11 is 6.01. The van der Waals surface area contributed by atoms with Crippen LogP contribution in [0.2, 0.25) is 5.02 Å². The van der Waals surface area contributed by atoms with Crippen molar-refractivity contribution in [3.63, 3.8) is 0 Å². The molecule has 1 fully saturated rings. The second kappa shape index (κ2) is 8.05. The van der Waals surface area contributed by atoms with E-state index >= 15 is 0 Å². The molecule has 0 aliphatic carbocycles. The molecular weight excluding hydrogens is 282 g/mol. The van der Waals surface area contributed by atoms with E-state index in [1.807, 2.05) is 25.1 Å². The van der Waals surface area contributed by atoms with Crippen molar-refractivity contribution in [1.82, 2.24) is 4.90 Å². The largest absolute Gasteiger partial charge is 0.494 e. The monoisotopic (exact) mass is 309 g/mol. The second-order valence-electron chi connectivity index (χ2n) is 6.67. The number of rotatable bonds is 6. The summed E-state index contributed by atoms with van der Waals surface area (Å²) in [7, 11) is 0. The average molecular weight is 310 g/mol. The van der Waals surface area contributed by atoms with Gasteiger partial charge in [-0.15, -0.1) is 0 Å². The molecule has 0 unspecified atom stereocenters. The minimum absolute atomic E-state index is 0.792. The lowest BCUT2D eigenvalue weighted by Crippen LogP contribution is -2.39. The molecule has 21 heavy (non-hydrogen) atoms. The smallest absolute Gasteiger partial charge is 0.119 e. The summed E-state index contributed by atoms with van der Waals surface area (Å²) in [6.07, 6.45) is 3.71. The Morgan fingerprint density at radius 1 is 1.19 bits per heavy atom. The van der Waals surface area contributed by atoms with E-state index in [0.717, 1.165) is 41.2 Å². The third kappa shape index (κ3) is 5.52. The molecule has 2 atom stereocenters. The van der Waals surface area contributed by atoms with Crippen LogP contribution in [0, 0.1) is 18.8 Å². The maximum absolute atomic E-state index is 6.01.